The summed E-state index contributed by atoms with van der Waals surface area (Å²) in [5.41, 5.74) is 0.273. The number of carboxylic acid groups (broad SMARTS) is 1. The minimum atomic E-state index is -1.35. The molecule has 6 nitrogen and oxygen atoms in total. The van der Waals surface area contributed by atoms with Gasteiger partial charge in [-0.1, -0.05) is 6.07 Å². The highest BCUT2D eigenvalue weighted by atomic mass is 16.5. The first-order chi connectivity index (χ1) is 9.31. The topological polar surface area (TPSA) is 95.9 Å². The molecule has 1 rings (SSSR count). The molecule has 110 valence electrons. The van der Waals surface area contributed by atoms with Crippen LogP contribution in [0.3, 0.4) is 0 Å². The Bertz CT molecular complexity index is 484. The SMILES string of the molecule is CC(C)Oc1cccc(C(=O)N[C@H](C(=O)O)[C@@H](C)O)c1. The number of carbonyl (C=O) groups is 2. The van der Waals surface area contributed by atoms with Crippen molar-refractivity contribution < 1.29 is 24.5 Å². The molecule has 20 heavy (non-hydrogen) atoms. The molecule has 1 aromatic carbocycles. The van der Waals surface area contributed by atoms with Crippen LogP contribution in [0.4, 0.5) is 0 Å². The Morgan fingerprint density at radius 1 is 1.25 bits per heavy atom. The van der Waals surface area contributed by atoms with E-state index >= 15 is 0 Å². The zero-order valence-electron chi connectivity index (χ0n) is 11.7. The fourth-order valence-corrected chi connectivity index (χ4v) is 1.60. The van der Waals surface area contributed by atoms with Crippen LogP contribution in [0.2, 0.25) is 0 Å². The van der Waals surface area contributed by atoms with Crippen molar-refractivity contribution >= 4 is 11.9 Å². The average molecular weight is 281 g/mol. The molecule has 0 spiro atoms. The van der Waals surface area contributed by atoms with Gasteiger partial charge in [0, 0.05) is 5.56 Å². The lowest BCUT2D eigenvalue weighted by Gasteiger charge is -2.17. The summed E-state index contributed by atoms with van der Waals surface area (Å²) < 4.78 is 5.46. The van der Waals surface area contributed by atoms with Gasteiger partial charge >= 0.3 is 5.97 Å². The lowest BCUT2D eigenvalue weighted by atomic mass is 10.1. The average Bonchev–Trinajstić information content (AvgIpc) is 2.34. The summed E-state index contributed by atoms with van der Waals surface area (Å²) >= 11 is 0. The summed E-state index contributed by atoms with van der Waals surface area (Å²) in [5, 5.41) is 20.5. The van der Waals surface area contributed by atoms with Gasteiger partial charge in [-0.3, -0.25) is 4.79 Å². The van der Waals surface area contributed by atoms with Crippen molar-refractivity contribution in [3.8, 4) is 5.75 Å². The number of hydrogen-bond acceptors (Lipinski definition) is 4. The van der Waals surface area contributed by atoms with Gasteiger partial charge in [0.25, 0.3) is 5.91 Å². The van der Waals surface area contributed by atoms with Gasteiger partial charge in [-0.2, -0.15) is 0 Å². The molecule has 0 unspecified atom stereocenters. The summed E-state index contributed by atoms with van der Waals surface area (Å²) in [7, 11) is 0. The number of amides is 1. The first-order valence-electron chi connectivity index (χ1n) is 6.29. The second-order valence-electron chi connectivity index (χ2n) is 4.72. The summed E-state index contributed by atoms with van der Waals surface area (Å²) in [5.74, 6) is -1.34. The summed E-state index contributed by atoms with van der Waals surface area (Å²) in [6.45, 7) is 5.03. The van der Waals surface area contributed by atoms with Crippen molar-refractivity contribution in [2.45, 2.75) is 39.0 Å². The number of nitrogens with one attached hydrogen (secondary N) is 1. The molecule has 0 heterocycles. The summed E-state index contributed by atoms with van der Waals surface area (Å²) in [6.07, 6.45) is -1.22. The molecule has 0 saturated heterocycles. The van der Waals surface area contributed by atoms with E-state index in [-0.39, 0.29) is 11.7 Å². The van der Waals surface area contributed by atoms with Crippen LogP contribution in [0.25, 0.3) is 0 Å². The molecule has 0 radical (unpaired) electrons. The van der Waals surface area contributed by atoms with Crippen molar-refractivity contribution in [3.63, 3.8) is 0 Å². The highest BCUT2D eigenvalue weighted by Gasteiger charge is 2.25. The second kappa shape index (κ2) is 6.91. The van der Waals surface area contributed by atoms with Gasteiger partial charge in [-0.25, -0.2) is 4.79 Å². The predicted octanol–water partition coefficient (Wildman–Crippen LogP) is 1.04. The van der Waals surface area contributed by atoms with Gasteiger partial charge in [-0.05, 0) is 39.0 Å². The summed E-state index contributed by atoms with van der Waals surface area (Å²) in [6, 6.07) is 5.07. The number of carbonyl (C=O) groups excluding carboxylic acids is 1. The molecule has 1 aromatic rings. The molecule has 0 bridgehead atoms. The number of aliphatic carboxylic acids is 1. The first-order valence-corrected chi connectivity index (χ1v) is 6.29. The van der Waals surface area contributed by atoms with E-state index in [2.05, 4.69) is 5.32 Å². The lowest BCUT2D eigenvalue weighted by Crippen LogP contribution is -2.47. The Morgan fingerprint density at radius 2 is 1.90 bits per heavy atom. The number of aliphatic hydroxyl groups excluding tert-OH is 1. The maximum absolute atomic E-state index is 12.0. The van der Waals surface area contributed by atoms with Crippen LogP contribution < -0.4 is 10.1 Å². The molecular formula is C14H19NO5. The maximum atomic E-state index is 12.0. The van der Waals surface area contributed by atoms with Crippen LogP contribution in [0.1, 0.15) is 31.1 Å². The van der Waals surface area contributed by atoms with Crippen molar-refractivity contribution in [2.24, 2.45) is 0 Å². The Hall–Kier alpha value is -2.08. The minimum Gasteiger partial charge on any atom is -0.491 e. The molecule has 0 aliphatic carbocycles. The minimum absolute atomic E-state index is 0.0301. The van der Waals surface area contributed by atoms with Crippen LogP contribution in [0, 0.1) is 0 Å². The molecular weight excluding hydrogens is 262 g/mol. The third kappa shape index (κ3) is 4.55. The van der Waals surface area contributed by atoms with Gasteiger partial charge in [0.1, 0.15) is 5.75 Å². The van der Waals surface area contributed by atoms with Crippen molar-refractivity contribution in [1.82, 2.24) is 5.32 Å². The Kier molecular flexibility index (Phi) is 5.52. The molecule has 2 atom stereocenters. The van der Waals surface area contributed by atoms with Gasteiger partial charge in [0.15, 0.2) is 6.04 Å². The standard InChI is InChI=1S/C14H19NO5/c1-8(2)20-11-6-4-5-10(7-11)13(17)15-12(9(3)16)14(18)19/h4-9,12,16H,1-3H3,(H,15,17)(H,18,19)/t9-,12+/m1/s1. The molecule has 6 heteroatoms. The van der Waals surface area contributed by atoms with E-state index in [0.29, 0.717) is 5.75 Å². The van der Waals surface area contributed by atoms with E-state index in [4.69, 9.17) is 9.84 Å². The zero-order chi connectivity index (χ0) is 15.3. The Balaban J connectivity index is 2.84. The van der Waals surface area contributed by atoms with Crippen LogP contribution in [0.5, 0.6) is 5.75 Å². The van der Waals surface area contributed by atoms with Crippen LogP contribution in [-0.2, 0) is 4.79 Å². The number of ether oxygens (including phenoxy) is 1. The van der Waals surface area contributed by atoms with E-state index < -0.39 is 24.0 Å². The van der Waals surface area contributed by atoms with Crippen molar-refractivity contribution in [3.05, 3.63) is 29.8 Å². The Labute approximate surface area is 117 Å². The maximum Gasteiger partial charge on any atom is 0.328 e. The fraction of sp³-hybridized carbons (Fsp3) is 0.429. The largest absolute Gasteiger partial charge is 0.491 e. The van der Waals surface area contributed by atoms with E-state index in [1.807, 2.05) is 13.8 Å². The molecule has 0 fully saturated rings. The number of rotatable bonds is 6. The predicted molar refractivity (Wildman–Crippen MR) is 72.8 cm³/mol. The molecule has 0 aliphatic rings. The molecule has 1 amide bonds. The van der Waals surface area contributed by atoms with E-state index in [1.165, 1.54) is 13.0 Å². The van der Waals surface area contributed by atoms with E-state index in [9.17, 15) is 14.7 Å². The summed E-state index contributed by atoms with van der Waals surface area (Å²) in [4.78, 5) is 22.9. The lowest BCUT2D eigenvalue weighted by molar-refractivity contribution is -0.141. The number of hydrogen-bond donors (Lipinski definition) is 3. The van der Waals surface area contributed by atoms with Gasteiger partial charge in [0.2, 0.25) is 0 Å². The van der Waals surface area contributed by atoms with E-state index in [1.54, 1.807) is 18.2 Å². The second-order valence-corrected chi connectivity index (χ2v) is 4.72. The third-order valence-corrected chi connectivity index (χ3v) is 2.50. The Morgan fingerprint density at radius 3 is 2.40 bits per heavy atom. The van der Waals surface area contributed by atoms with Crippen LogP contribution >= 0.6 is 0 Å². The third-order valence-electron chi connectivity index (χ3n) is 2.50. The number of aliphatic hydroxyl groups is 1. The number of benzene rings is 1. The molecule has 0 aromatic heterocycles. The highest BCUT2D eigenvalue weighted by molar-refractivity contribution is 5.97. The van der Waals surface area contributed by atoms with Crippen molar-refractivity contribution in [1.29, 1.82) is 0 Å². The van der Waals surface area contributed by atoms with Gasteiger partial charge < -0.3 is 20.3 Å². The van der Waals surface area contributed by atoms with Crippen LogP contribution in [0.15, 0.2) is 24.3 Å². The zero-order valence-corrected chi connectivity index (χ0v) is 11.7. The first kappa shape index (κ1) is 16.0. The molecule has 0 saturated carbocycles. The normalized spacial score (nSPS) is 13.7. The van der Waals surface area contributed by atoms with E-state index in [0.717, 1.165) is 0 Å². The quantitative estimate of drug-likeness (QED) is 0.724. The highest BCUT2D eigenvalue weighted by Crippen LogP contribution is 2.15. The van der Waals surface area contributed by atoms with Crippen LogP contribution in [-0.4, -0.2) is 40.3 Å². The number of carboxylic acids is 1. The smallest absolute Gasteiger partial charge is 0.328 e. The van der Waals surface area contributed by atoms with Gasteiger partial charge in [0.05, 0.1) is 12.2 Å². The monoisotopic (exact) mass is 281 g/mol. The van der Waals surface area contributed by atoms with Crippen molar-refractivity contribution in [2.75, 3.05) is 0 Å². The molecule has 3 N–H and O–H groups in total. The molecule has 0 aliphatic heterocycles. The fourth-order valence-electron chi connectivity index (χ4n) is 1.60. The van der Waals surface area contributed by atoms with Gasteiger partial charge in [-0.15, -0.1) is 0 Å².